The van der Waals surface area contributed by atoms with Crippen LogP contribution in [0.15, 0.2) is 22.0 Å². The molecule has 1 aromatic carbocycles. The maximum absolute atomic E-state index is 12.0. The van der Waals surface area contributed by atoms with Gasteiger partial charge in [0, 0.05) is 11.8 Å². The van der Waals surface area contributed by atoms with Gasteiger partial charge < -0.3 is 16.2 Å². The van der Waals surface area contributed by atoms with Crippen molar-refractivity contribution in [2.75, 3.05) is 6.26 Å². The summed E-state index contributed by atoms with van der Waals surface area (Å²) in [6, 6.07) is 2.79. The number of aryl methyl sites for hydroxylation is 1. The monoisotopic (exact) mass is 341 g/mol. The lowest BCUT2D eigenvalue weighted by molar-refractivity contribution is 0.100. The molecule has 7 nitrogen and oxygen atoms in total. The molecule has 0 atom stereocenters. The Kier molecular flexibility index (Phi) is 6.14. The van der Waals surface area contributed by atoms with Gasteiger partial charge in [0.15, 0.2) is 15.8 Å². The van der Waals surface area contributed by atoms with Gasteiger partial charge in [0.25, 0.3) is 5.91 Å². The summed E-state index contributed by atoms with van der Waals surface area (Å²) in [5.41, 5.74) is 11.1. The van der Waals surface area contributed by atoms with Crippen molar-refractivity contribution < 1.29 is 17.9 Å². The van der Waals surface area contributed by atoms with Crippen molar-refractivity contribution in [2.24, 2.45) is 16.5 Å². The van der Waals surface area contributed by atoms with Gasteiger partial charge in [0.2, 0.25) is 0 Å². The van der Waals surface area contributed by atoms with Gasteiger partial charge in [-0.3, -0.25) is 4.79 Å². The number of aliphatic imine (C=N–C) groups is 1. The van der Waals surface area contributed by atoms with Crippen molar-refractivity contribution in [3.05, 3.63) is 23.3 Å². The van der Waals surface area contributed by atoms with E-state index in [1.807, 2.05) is 13.8 Å². The number of carbonyl (C=O) groups excluding carboxylic acids is 1. The first kappa shape index (κ1) is 19.0. The lowest BCUT2D eigenvalue weighted by Gasteiger charge is -2.19. The van der Waals surface area contributed by atoms with Gasteiger partial charge in [-0.25, -0.2) is 8.42 Å². The maximum atomic E-state index is 12.0. The Labute approximate surface area is 136 Å². The molecule has 0 aliphatic rings. The molecule has 8 heteroatoms. The fourth-order valence-corrected chi connectivity index (χ4v) is 2.89. The second-order valence-electron chi connectivity index (χ2n) is 5.28. The van der Waals surface area contributed by atoms with Crippen LogP contribution in [0.1, 0.15) is 42.6 Å². The molecule has 0 aliphatic carbocycles. The molecule has 0 spiro atoms. The van der Waals surface area contributed by atoms with E-state index in [1.165, 1.54) is 12.1 Å². The van der Waals surface area contributed by atoms with Crippen LogP contribution in [0.5, 0.6) is 5.75 Å². The van der Waals surface area contributed by atoms with E-state index in [9.17, 15) is 13.2 Å². The van der Waals surface area contributed by atoms with E-state index in [0.717, 1.165) is 19.1 Å². The summed E-state index contributed by atoms with van der Waals surface area (Å²) < 4.78 is 29.9. The average Bonchev–Trinajstić information content (AvgIpc) is 2.42. The van der Waals surface area contributed by atoms with Gasteiger partial charge in [0.1, 0.15) is 10.6 Å². The van der Waals surface area contributed by atoms with E-state index in [1.54, 1.807) is 6.92 Å². The number of rotatable bonds is 6. The van der Waals surface area contributed by atoms with Gasteiger partial charge in [-0.15, -0.1) is 0 Å². The number of hydrogen-bond donors (Lipinski definition) is 2. The number of nitrogens with zero attached hydrogens (tertiary/aromatic N) is 1. The van der Waals surface area contributed by atoms with Gasteiger partial charge in [-0.2, -0.15) is 4.99 Å². The molecule has 0 aromatic heterocycles. The zero-order chi connectivity index (χ0) is 17.8. The third-order valence-electron chi connectivity index (χ3n) is 3.36. The van der Waals surface area contributed by atoms with Crippen LogP contribution in [0.2, 0.25) is 0 Å². The average molecular weight is 341 g/mol. The highest BCUT2D eigenvalue weighted by atomic mass is 32.2. The molecule has 4 N–H and O–H groups in total. The minimum atomic E-state index is -3.58. The Morgan fingerprint density at radius 2 is 1.83 bits per heavy atom. The predicted molar refractivity (Wildman–Crippen MR) is 89.4 cm³/mol. The molecule has 0 radical (unpaired) electrons. The van der Waals surface area contributed by atoms with Crippen LogP contribution in [0, 0.1) is 6.92 Å². The van der Waals surface area contributed by atoms with E-state index in [2.05, 4.69) is 4.99 Å². The molecule has 1 rings (SSSR count). The topological polar surface area (TPSA) is 125 Å². The molecule has 1 aromatic rings. The summed E-state index contributed by atoms with van der Waals surface area (Å²) in [5.74, 6) is -0.839. The van der Waals surface area contributed by atoms with Crippen LogP contribution in [0.25, 0.3) is 0 Å². The molecular weight excluding hydrogens is 318 g/mol. The molecule has 0 saturated heterocycles. The van der Waals surface area contributed by atoms with Crippen molar-refractivity contribution in [2.45, 2.75) is 44.6 Å². The van der Waals surface area contributed by atoms with E-state index in [-0.39, 0.29) is 28.3 Å². The smallest absolute Gasteiger partial charge is 0.280 e. The van der Waals surface area contributed by atoms with Crippen molar-refractivity contribution in [3.8, 4) is 5.75 Å². The van der Waals surface area contributed by atoms with E-state index >= 15 is 0 Å². The van der Waals surface area contributed by atoms with Crippen molar-refractivity contribution >= 4 is 21.7 Å². The number of benzene rings is 1. The number of sulfone groups is 1. The Balaban J connectivity index is 3.48. The van der Waals surface area contributed by atoms with Crippen LogP contribution >= 0.6 is 0 Å². The quantitative estimate of drug-likeness (QED) is 0.595. The van der Waals surface area contributed by atoms with Crippen LogP contribution in [-0.4, -0.2) is 32.6 Å². The van der Waals surface area contributed by atoms with E-state index in [0.29, 0.717) is 5.56 Å². The van der Waals surface area contributed by atoms with Gasteiger partial charge >= 0.3 is 0 Å². The maximum Gasteiger partial charge on any atom is 0.280 e. The van der Waals surface area contributed by atoms with E-state index in [4.69, 9.17) is 16.2 Å². The predicted octanol–water partition coefficient (Wildman–Crippen LogP) is 1.38. The lowest BCUT2D eigenvalue weighted by atomic mass is 10.1. The zero-order valence-corrected chi connectivity index (χ0v) is 14.6. The normalized spacial score (nSPS) is 11.3. The highest BCUT2D eigenvalue weighted by Crippen LogP contribution is 2.30. The Morgan fingerprint density at radius 3 is 2.26 bits per heavy atom. The van der Waals surface area contributed by atoms with E-state index < -0.39 is 15.7 Å². The molecule has 0 heterocycles. The first-order valence-corrected chi connectivity index (χ1v) is 9.14. The number of hydrogen-bond acceptors (Lipinski definition) is 4. The van der Waals surface area contributed by atoms with Gasteiger partial charge in [-0.1, -0.05) is 13.8 Å². The third kappa shape index (κ3) is 4.95. The van der Waals surface area contributed by atoms with Crippen LogP contribution in [0.4, 0.5) is 0 Å². The standard InChI is InChI=1S/C15H23N3O4S/c1-5-10(6-2)22-12-7-9(3)11(14(19)18-15(16)17)8-13(12)23(4,20)21/h7-8,10H,5-6H2,1-4H3,(H4,16,17,18,19). The molecule has 128 valence electrons. The summed E-state index contributed by atoms with van der Waals surface area (Å²) >= 11 is 0. The second kappa shape index (κ2) is 7.45. The molecule has 0 bridgehead atoms. The summed E-state index contributed by atoms with van der Waals surface area (Å²) in [5, 5.41) is 0. The minimum absolute atomic E-state index is 0.0517. The highest BCUT2D eigenvalue weighted by molar-refractivity contribution is 7.90. The fourth-order valence-electron chi connectivity index (χ4n) is 2.09. The molecular formula is C15H23N3O4S. The molecule has 0 unspecified atom stereocenters. The Hall–Kier alpha value is -2.09. The number of carbonyl (C=O) groups is 1. The number of guanidine groups is 1. The Bertz CT molecular complexity index is 718. The third-order valence-corrected chi connectivity index (χ3v) is 4.47. The molecule has 23 heavy (non-hydrogen) atoms. The summed E-state index contributed by atoms with van der Waals surface area (Å²) in [6.45, 7) is 5.58. The number of nitrogens with two attached hydrogens (primary N) is 2. The Morgan fingerprint density at radius 1 is 1.26 bits per heavy atom. The molecule has 0 saturated carbocycles. The van der Waals surface area contributed by atoms with Crippen molar-refractivity contribution in [1.82, 2.24) is 0 Å². The van der Waals surface area contributed by atoms with Crippen molar-refractivity contribution in [3.63, 3.8) is 0 Å². The first-order valence-electron chi connectivity index (χ1n) is 7.25. The largest absolute Gasteiger partial charge is 0.489 e. The van der Waals surface area contributed by atoms with Crippen LogP contribution < -0.4 is 16.2 Å². The highest BCUT2D eigenvalue weighted by Gasteiger charge is 2.21. The molecule has 0 aliphatic heterocycles. The fraction of sp³-hybridized carbons (Fsp3) is 0.467. The summed E-state index contributed by atoms with van der Waals surface area (Å²) in [7, 11) is -3.58. The molecule has 0 fully saturated rings. The van der Waals surface area contributed by atoms with Crippen molar-refractivity contribution in [1.29, 1.82) is 0 Å². The lowest BCUT2D eigenvalue weighted by Crippen LogP contribution is -2.24. The van der Waals surface area contributed by atoms with Crippen LogP contribution in [-0.2, 0) is 9.84 Å². The summed E-state index contributed by atoms with van der Waals surface area (Å²) in [4.78, 5) is 15.4. The summed E-state index contributed by atoms with van der Waals surface area (Å²) in [6.07, 6.45) is 2.45. The SMILES string of the molecule is CCC(CC)Oc1cc(C)c(C(=O)N=C(N)N)cc1S(C)(=O)=O. The van der Waals surface area contributed by atoms with Gasteiger partial charge in [-0.05, 0) is 37.5 Å². The second-order valence-corrected chi connectivity index (χ2v) is 7.27. The number of ether oxygens (including phenoxy) is 1. The van der Waals surface area contributed by atoms with Gasteiger partial charge in [0.05, 0.1) is 6.10 Å². The number of amides is 1. The zero-order valence-electron chi connectivity index (χ0n) is 13.8. The van der Waals surface area contributed by atoms with Crippen LogP contribution in [0.3, 0.4) is 0 Å². The first-order chi connectivity index (χ1) is 10.6. The molecule has 1 amide bonds. The minimum Gasteiger partial charge on any atom is -0.489 e.